The van der Waals surface area contributed by atoms with E-state index in [1.54, 1.807) is 30.3 Å². The van der Waals surface area contributed by atoms with Crippen LogP contribution < -0.4 is 16.3 Å². The number of anilines is 2. The topological polar surface area (TPSA) is 71.3 Å². The summed E-state index contributed by atoms with van der Waals surface area (Å²) in [6, 6.07) is 14.4. The first-order valence-electron chi connectivity index (χ1n) is 7.78. The average Bonchev–Trinajstić information content (AvgIpc) is 2.58. The summed E-state index contributed by atoms with van der Waals surface area (Å²) >= 11 is 0. The fourth-order valence-corrected chi connectivity index (χ4v) is 2.60. The quantitative estimate of drug-likeness (QED) is 0.717. The first-order valence-corrected chi connectivity index (χ1v) is 7.78. The van der Waals surface area contributed by atoms with E-state index in [-0.39, 0.29) is 11.6 Å². The van der Waals surface area contributed by atoms with Crippen molar-refractivity contribution in [3.05, 3.63) is 70.1 Å². The first-order chi connectivity index (χ1) is 11.6. The van der Waals surface area contributed by atoms with Crippen LogP contribution in [-0.2, 0) is 0 Å². The Morgan fingerprint density at radius 1 is 1.08 bits per heavy atom. The van der Waals surface area contributed by atoms with Crippen LogP contribution in [0.3, 0.4) is 0 Å². The summed E-state index contributed by atoms with van der Waals surface area (Å²) in [7, 11) is 0. The van der Waals surface area contributed by atoms with Crippen LogP contribution in [0.2, 0.25) is 0 Å². The van der Waals surface area contributed by atoms with Crippen molar-refractivity contribution in [3.8, 4) is 0 Å². The van der Waals surface area contributed by atoms with Crippen molar-refractivity contribution in [2.45, 2.75) is 13.8 Å². The molecule has 0 spiro atoms. The number of para-hydroxylation sites is 1. The molecule has 1 aromatic heterocycles. The molecule has 24 heavy (non-hydrogen) atoms. The highest BCUT2D eigenvalue weighted by molar-refractivity contribution is 6.08. The maximum Gasteiger partial charge on any atom is 0.362 e. The molecule has 0 aliphatic carbocycles. The maximum absolute atomic E-state index is 12.5. The van der Waals surface area contributed by atoms with Crippen molar-refractivity contribution in [1.29, 1.82) is 0 Å². The molecule has 3 rings (SSSR count). The van der Waals surface area contributed by atoms with Gasteiger partial charge in [0.15, 0.2) is 5.69 Å². The van der Waals surface area contributed by atoms with E-state index in [9.17, 15) is 9.59 Å². The molecule has 3 aromatic rings. The predicted molar refractivity (Wildman–Crippen MR) is 95.8 cm³/mol. The van der Waals surface area contributed by atoms with Crippen LogP contribution in [-0.4, -0.2) is 12.5 Å². The van der Waals surface area contributed by atoms with Gasteiger partial charge in [0.25, 0.3) is 5.91 Å². The summed E-state index contributed by atoms with van der Waals surface area (Å²) in [4.78, 5) is 24.8. The molecule has 0 fully saturated rings. The second-order valence-electron chi connectivity index (χ2n) is 5.49. The normalized spacial score (nSPS) is 10.6. The molecular weight excluding hydrogens is 304 g/mol. The summed E-state index contributed by atoms with van der Waals surface area (Å²) in [5.41, 5.74) is 2.06. The second kappa shape index (κ2) is 6.58. The number of hydrogen-bond donors (Lipinski definition) is 2. The number of benzene rings is 2. The lowest BCUT2D eigenvalue weighted by molar-refractivity contribution is 0.102. The van der Waals surface area contributed by atoms with E-state index in [1.165, 1.54) is 0 Å². The molecule has 5 heteroatoms. The van der Waals surface area contributed by atoms with Gasteiger partial charge in [-0.1, -0.05) is 29.8 Å². The molecule has 0 aliphatic heterocycles. The highest BCUT2D eigenvalue weighted by atomic mass is 16.4. The predicted octanol–water partition coefficient (Wildman–Crippen LogP) is 3.79. The lowest BCUT2D eigenvalue weighted by Gasteiger charge is -2.13. The van der Waals surface area contributed by atoms with Gasteiger partial charge >= 0.3 is 5.63 Å². The van der Waals surface area contributed by atoms with E-state index in [0.717, 1.165) is 10.9 Å². The third kappa shape index (κ3) is 3.01. The molecule has 1 amide bonds. The highest BCUT2D eigenvalue weighted by Crippen LogP contribution is 2.28. The van der Waals surface area contributed by atoms with Crippen LogP contribution in [0.1, 0.15) is 22.8 Å². The Bertz CT molecular complexity index is 960. The number of amides is 1. The van der Waals surface area contributed by atoms with Crippen LogP contribution in [0.4, 0.5) is 11.4 Å². The maximum atomic E-state index is 12.5. The summed E-state index contributed by atoms with van der Waals surface area (Å²) < 4.78 is 5.33. The molecule has 122 valence electrons. The van der Waals surface area contributed by atoms with E-state index in [0.29, 0.717) is 23.4 Å². The summed E-state index contributed by atoms with van der Waals surface area (Å²) in [5, 5.41) is 6.59. The number of fused-ring (bicyclic) bond motifs is 1. The fourth-order valence-electron chi connectivity index (χ4n) is 2.60. The Hall–Kier alpha value is -3.08. The van der Waals surface area contributed by atoms with Gasteiger partial charge in [-0.05, 0) is 38.1 Å². The van der Waals surface area contributed by atoms with E-state index in [4.69, 9.17) is 4.42 Å². The number of aryl methyl sites for hydroxylation is 1. The van der Waals surface area contributed by atoms with E-state index in [1.807, 2.05) is 32.0 Å². The first kappa shape index (κ1) is 15.8. The Kier molecular flexibility index (Phi) is 4.33. The largest absolute Gasteiger partial charge is 0.421 e. The minimum absolute atomic E-state index is 0.127. The monoisotopic (exact) mass is 322 g/mol. The molecule has 0 unspecified atom stereocenters. The van der Waals surface area contributed by atoms with Crippen LogP contribution in [0.15, 0.2) is 57.7 Å². The molecule has 0 bridgehead atoms. The van der Waals surface area contributed by atoms with Crippen LogP contribution >= 0.6 is 0 Å². The van der Waals surface area contributed by atoms with Gasteiger partial charge in [0.1, 0.15) is 5.58 Å². The van der Waals surface area contributed by atoms with Gasteiger partial charge in [0.05, 0.1) is 5.69 Å². The number of carbonyl (C=O) groups is 1. The van der Waals surface area contributed by atoms with Gasteiger partial charge in [-0.2, -0.15) is 0 Å². The molecule has 5 nitrogen and oxygen atoms in total. The minimum Gasteiger partial charge on any atom is -0.421 e. The van der Waals surface area contributed by atoms with Crippen molar-refractivity contribution in [1.82, 2.24) is 0 Å². The zero-order valence-corrected chi connectivity index (χ0v) is 13.6. The molecule has 1 heterocycles. The van der Waals surface area contributed by atoms with Crippen molar-refractivity contribution in [2.75, 3.05) is 17.2 Å². The highest BCUT2D eigenvalue weighted by Gasteiger charge is 2.17. The molecule has 0 radical (unpaired) electrons. The summed E-state index contributed by atoms with van der Waals surface area (Å²) in [6.07, 6.45) is 0. The number of rotatable bonds is 4. The van der Waals surface area contributed by atoms with Crippen LogP contribution in [0.5, 0.6) is 0 Å². The van der Waals surface area contributed by atoms with Crippen molar-refractivity contribution in [2.24, 2.45) is 0 Å². The molecule has 0 aliphatic rings. The average molecular weight is 322 g/mol. The van der Waals surface area contributed by atoms with Crippen LogP contribution in [0, 0.1) is 6.92 Å². The standard InChI is InChI=1S/C19H18N2O3/c1-3-20-16-14-9-4-5-10-15(14)24-19(23)17(16)21-18(22)13-8-6-7-12(2)11-13/h4-11,20H,3H2,1-2H3,(H,21,22). The molecule has 0 saturated heterocycles. The molecule has 2 aromatic carbocycles. The lowest BCUT2D eigenvalue weighted by Crippen LogP contribution is -2.20. The Labute approximate surface area is 139 Å². The fraction of sp³-hybridized carbons (Fsp3) is 0.158. The molecule has 2 N–H and O–H groups in total. The van der Waals surface area contributed by atoms with Gasteiger partial charge in [-0.3, -0.25) is 4.79 Å². The number of carbonyl (C=O) groups excluding carboxylic acids is 1. The van der Waals surface area contributed by atoms with E-state index >= 15 is 0 Å². The van der Waals surface area contributed by atoms with Gasteiger partial charge in [-0.15, -0.1) is 0 Å². The Morgan fingerprint density at radius 2 is 1.88 bits per heavy atom. The van der Waals surface area contributed by atoms with Crippen molar-refractivity contribution >= 4 is 28.3 Å². The van der Waals surface area contributed by atoms with Crippen molar-refractivity contribution in [3.63, 3.8) is 0 Å². The SMILES string of the molecule is CCNc1c(NC(=O)c2cccc(C)c2)c(=O)oc2ccccc12. The van der Waals surface area contributed by atoms with Gasteiger partial charge in [0, 0.05) is 17.5 Å². The second-order valence-corrected chi connectivity index (χ2v) is 5.49. The number of hydrogen-bond acceptors (Lipinski definition) is 4. The molecule has 0 atom stereocenters. The zero-order valence-electron chi connectivity index (χ0n) is 13.6. The summed E-state index contributed by atoms with van der Waals surface area (Å²) in [5.74, 6) is -0.347. The minimum atomic E-state index is -0.578. The molecular formula is C19H18N2O3. The Morgan fingerprint density at radius 3 is 2.62 bits per heavy atom. The van der Waals surface area contributed by atoms with Crippen LogP contribution in [0.25, 0.3) is 11.0 Å². The summed E-state index contributed by atoms with van der Waals surface area (Å²) in [6.45, 7) is 4.45. The van der Waals surface area contributed by atoms with Crippen molar-refractivity contribution < 1.29 is 9.21 Å². The smallest absolute Gasteiger partial charge is 0.362 e. The van der Waals surface area contributed by atoms with E-state index < -0.39 is 5.63 Å². The number of nitrogens with one attached hydrogen (secondary N) is 2. The van der Waals surface area contributed by atoms with Gasteiger partial charge in [0.2, 0.25) is 0 Å². The Balaban J connectivity index is 2.08. The zero-order chi connectivity index (χ0) is 17.1. The lowest BCUT2D eigenvalue weighted by atomic mass is 10.1. The third-order valence-corrected chi connectivity index (χ3v) is 3.69. The van der Waals surface area contributed by atoms with Gasteiger partial charge < -0.3 is 15.1 Å². The molecule has 0 saturated carbocycles. The van der Waals surface area contributed by atoms with Gasteiger partial charge in [-0.25, -0.2) is 4.79 Å². The van der Waals surface area contributed by atoms with E-state index in [2.05, 4.69) is 10.6 Å². The third-order valence-electron chi connectivity index (χ3n) is 3.69.